The van der Waals surface area contributed by atoms with Crippen molar-refractivity contribution < 1.29 is 19.2 Å². The molecule has 10 rings (SSSR count). The molecule has 6 heterocycles. The number of likely N-dealkylation sites (N-methyl/N-ethyl adjacent to an activating group) is 1. The van der Waals surface area contributed by atoms with Crippen LogP contribution in [0, 0.1) is 13.8 Å². The molecule has 2 aliphatic heterocycles. The van der Waals surface area contributed by atoms with Crippen molar-refractivity contribution in [2.75, 3.05) is 73.8 Å². The quantitative estimate of drug-likeness (QED) is 0.0259. The van der Waals surface area contributed by atoms with Crippen LogP contribution in [-0.2, 0) is 9.59 Å². The number of halogens is 4. The lowest BCUT2D eigenvalue weighted by molar-refractivity contribution is -0.112. The van der Waals surface area contributed by atoms with Gasteiger partial charge in [0.25, 0.3) is 11.8 Å². The number of alkyl halides is 1. The van der Waals surface area contributed by atoms with Crippen molar-refractivity contribution in [3.63, 3.8) is 0 Å². The maximum atomic E-state index is 13.2. The summed E-state index contributed by atoms with van der Waals surface area (Å²) < 4.78 is 0. The second-order valence-corrected chi connectivity index (χ2v) is 21.6. The highest BCUT2D eigenvalue weighted by molar-refractivity contribution is 9.09. The first kappa shape index (κ1) is 62.0. The number of fused-ring (bicyclic) bond motifs is 2. The number of nitrogens with zero attached hydrogens (tertiary/aromatic N) is 7. The van der Waals surface area contributed by atoms with Crippen molar-refractivity contribution in [2.24, 2.45) is 0 Å². The first-order chi connectivity index (χ1) is 39.0. The Morgan fingerprint density at radius 1 is 0.695 bits per heavy atom. The van der Waals surface area contributed by atoms with Crippen LogP contribution in [-0.4, -0.2) is 132 Å². The number of nitrogens with one attached hydrogen (secondary N) is 5. The summed E-state index contributed by atoms with van der Waals surface area (Å²) in [6, 6.07) is 27.2. The second-order valence-electron chi connectivity index (χ2n) is 19.8. The van der Waals surface area contributed by atoms with E-state index in [1.54, 1.807) is 42.7 Å². The molecule has 2 fully saturated rings. The summed E-state index contributed by atoms with van der Waals surface area (Å²) >= 11 is 20.9. The van der Waals surface area contributed by atoms with E-state index in [4.69, 9.17) is 50.5 Å². The number of carbonyl (C=O) groups is 4. The molecule has 0 radical (unpaired) electrons. The number of aryl methyl sites for hydroxylation is 2. The van der Waals surface area contributed by atoms with Crippen molar-refractivity contribution in [1.82, 2.24) is 44.6 Å². The zero-order valence-corrected chi connectivity index (χ0v) is 49.1. The van der Waals surface area contributed by atoms with E-state index in [9.17, 15) is 19.2 Å². The molecule has 0 spiro atoms. The Morgan fingerprint density at radius 3 is 1.61 bits per heavy atom. The highest BCUT2D eigenvalue weighted by atomic mass is 79.9. The third-order valence-electron chi connectivity index (χ3n) is 13.7. The average molecular weight is 1230 g/mol. The number of para-hydroxylation sites is 2. The maximum Gasteiger partial charge on any atom is 0.253 e. The van der Waals surface area contributed by atoms with E-state index >= 15 is 0 Å². The number of nitrogens with two attached hydrogens (primary N) is 1. The first-order valence-corrected chi connectivity index (χ1v) is 28.6. The number of rotatable bonds is 14. The number of aromatic amines is 2. The van der Waals surface area contributed by atoms with Crippen molar-refractivity contribution in [2.45, 2.75) is 59.0 Å². The Morgan fingerprint density at radius 2 is 1.17 bits per heavy atom. The number of hydrogen-bond donors (Lipinski definition) is 6. The van der Waals surface area contributed by atoms with Gasteiger partial charge in [0.15, 0.2) is 0 Å². The van der Waals surface area contributed by atoms with Crippen LogP contribution in [0.1, 0.15) is 65.0 Å². The van der Waals surface area contributed by atoms with Gasteiger partial charge in [-0.05, 0) is 131 Å². The van der Waals surface area contributed by atoms with Gasteiger partial charge in [0.1, 0.15) is 0 Å². The van der Waals surface area contributed by atoms with Crippen LogP contribution in [0.2, 0.25) is 10.0 Å². The van der Waals surface area contributed by atoms with Gasteiger partial charge in [-0.15, -0.1) is 0 Å². The summed E-state index contributed by atoms with van der Waals surface area (Å²) in [4.78, 5) is 78.7. The molecule has 17 nitrogen and oxygen atoms in total. The Kier molecular flexibility index (Phi) is 22.2. The fourth-order valence-corrected chi connectivity index (χ4v) is 10.1. The van der Waals surface area contributed by atoms with E-state index in [0.717, 1.165) is 69.7 Å². The SMILES string of the molecule is C.Cc1cc(C(=O)N2CCC(Nc3ncc(Cl)c(-c4c[nH]c5ccccc45)n3)CC2)ccc1N.Cc1cc(C(=O)N2CCC(Nc3ncc(Cl)c(-c4c[nH]c5ccccc45)n3)CC2)ccc1NC(=O)/C=C/CN(C)C.O=C(Cl)/C=C/CBr. The largest absolute Gasteiger partial charge is 0.399 e. The fourth-order valence-electron chi connectivity index (χ4n) is 9.40. The number of nitrogen functional groups attached to an aromatic ring is 1. The molecule has 0 bridgehead atoms. The van der Waals surface area contributed by atoms with Gasteiger partial charge in [-0.2, -0.15) is 0 Å². The fraction of sp³-hybridized carbons (Fsp3) is 0.279. The molecule has 428 valence electrons. The van der Waals surface area contributed by atoms with E-state index in [1.165, 1.54) is 12.2 Å². The number of allylic oxidation sites excluding steroid dienone is 2. The lowest BCUT2D eigenvalue weighted by atomic mass is 10.0. The lowest BCUT2D eigenvalue weighted by Crippen LogP contribution is -2.42. The maximum absolute atomic E-state index is 13.2. The van der Waals surface area contributed by atoms with Crippen LogP contribution in [0.3, 0.4) is 0 Å². The summed E-state index contributed by atoms with van der Waals surface area (Å²) in [5, 5.41) is 13.1. The minimum atomic E-state index is -0.431. The van der Waals surface area contributed by atoms with E-state index < -0.39 is 5.24 Å². The van der Waals surface area contributed by atoms with Gasteiger partial charge in [-0.25, -0.2) is 19.9 Å². The predicted molar refractivity (Wildman–Crippen MR) is 337 cm³/mol. The molecule has 0 saturated carbocycles. The minimum absolute atomic E-state index is 0. The smallest absolute Gasteiger partial charge is 0.253 e. The Hall–Kier alpha value is -7.61. The van der Waals surface area contributed by atoms with Crippen molar-refractivity contribution >= 4 is 119 Å². The molecule has 2 saturated heterocycles. The highest BCUT2D eigenvalue weighted by Gasteiger charge is 2.27. The number of H-pyrrole nitrogens is 2. The summed E-state index contributed by atoms with van der Waals surface area (Å²) in [5.74, 6) is 0.894. The molecule has 2 aliphatic rings. The number of amides is 3. The van der Waals surface area contributed by atoms with Crippen LogP contribution >= 0.6 is 50.7 Å². The summed E-state index contributed by atoms with van der Waals surface area (Å²) in [6.45, 7) is 7.07. The van der Waals surface area contributed by atoms with Crippen LogP contribution < -0.4 is 21.7 Å². The number of benzene rings is 4. The number of aromatic nitrogens is 6. The number of hydrogen-bond acceptors (Lipinski definition) is 12. The Bertz CT molecular complexity index is 3590. The number of carbonyl (C=O) groups excluding carboxylic acids is 4. The van der Waals surface area contributed by atoms with Gasteiger partial charge >= 0.3 is 0 Å². The molecule has 0 unspecified atom stereocenters. The van der Waals surface area contributed by atoms with Crippen LogP contribution in [0.5, 0.6) is 0 Å². The number of piperidine rings is 2. The van der Waals surface area contributed by atoms with Gasteiger partial charge in [-0.1, -0.05) is 95.1 Å². The van der Waals surface area contributed by atoms with Gasteiger partial charge < -0.3 is 46.4 Å². The van der Waals surface area contributed by atoms with E-state index in [-0.39, 0.29) is 37.2 Å². The van der Waals surface area contributed by atoms with E-state index in [0.29, 0.717) is 93.9 Å². The van der Waals surface area contributed by atoms with Gasteiger partial charge in [-0.3, -0.25) is 19.2 Å². The third kappa shape index (κ3) is 16.3. The second kappa shape index (κ2) is 29.4. The lowest BCUT2D eigenvalue weighted by Gasteiger charge is -2.32. The molecular formula is C61H67BrCl3N13O4. The topological polar surface area (TPSA) is 223 Å². The number of likely N-dealkylation sites (tertiary alicyclic amines) is 2. The standard InChI is InChI=1S/C31H34ClN7O2.C25H25ClN6O.C4H4BrClO.CH4/c1-20-17-21(10-11-26(20)36-28(40)9-6-14-38(2)3)30(41)39-15-12-22(13-16-39)35-31-34-19-25(32)29(37-31)24-18-33-27-8-5-4-7-23(24)27;1-15-12-16(6-7-21(15)27)24(33)32-10-8-17(9-11-32)30-25-29-14-20(26)23(31-25)19-13-28-22-5-3-2-4-18(19)22;5-3-1-2-4(6)7;/h4-11,17-19,22,33H,12-16H2,1-3H3,(H,36,40)(H,34,35,37);2-7,12-14,17,28H,8-11,27H2,1H3,(H,29,30,31);1-2H,3H2;1H4/b9-6+;;2-1+;. The van der Waals surface area contributed by atoms with Gasteiger partial charge in [0.05, 0.1) is 33.8 Å². The molecule has 4 aromatic carbocycles. The van der Waals surface area contributed by atoms with Gasteiger partial charge in [0, 0.05) is 124 Å². The number of anilines is 4. The molecule has 4 aromatic heterocycles. The summed E-state index contributed by atoms with van der Waals surface area (Å²) in [7, 11) is 3.88. The Balaban J connectivity index is 0.000000213. The zero-order valence-electron chi connectivity index (χ0n) is 45.3. The van der Waals surface area contributed by atoms with E-state index in [1.807, 2.05) is 122 Å². The van der Waals surface area contributed by atoms with Crippen molar-refractivity contribution in [3.05, 3.63) is 166 Å². The molecule has 3 amide bonds. The summed E-state index contributed by atoms with van der Waals surface area (Å²) in [5.41, 5.74) is 15.6. The van der Waals surface area contributed by atoms with Crippen LogP contribution in [0.4, 0.5) is 23.3 Å². The highest BCUT2D eigenvalue weighted by Crippen LogP contribution is 2.34. The molecular weight excluding hydrogens is 1170 g/mol. The van der Waals surface area contributed by atoms with Gasteiger partial charge in [0.2, 0.25) is 23.0 Å². The van der Waals surface area contributed by atoms with Crippen LogP contribution in [0.25, 0.3) is 44.3 Å². The normalized spacial score (nSPS) is 13.8. The molecule has 0 aliphatic carbocycles. The monoisotopic (exact) mass is 1230 g/mol. The molecule has 7 N–H and O–H groups in total. The third-order valence-corrected chi connectivity index (χ3v) is 14.8. The zero-order chi connectivity index (χ0) is 57.6. The van der Waals surface area contributed by atoms with E-state index in [2.05, 4.69) is 51.8 Å². The molecule has 82 heavy (non-hydrogen) atoms. The average Bonchev–Trinajstić information content (AvgIpc) is 4.32. The minimum Gasteiger partial charge on any atom is -0.399 e. The molecule has 0 atom stereocenters. The van der Waals surface area contributed by atoms with Crippen molar-refractivity contribution in [3.8, 4) is 22.5 Å². The molecule has 8 aromatic rings. The predicted octanol–water partition coefficient (Wildman–Crippen LogP) is 12.6. The first-order valence-electron chi connectivity index (χ1n) is 26.4. The van der Waals surface area contributed by atoms with Crippen molar-refractivity contribution in [1.29, 1.82) is 0 Å². The summed E-state index contributed by atoms with van der Waals surface area (Å²) in [6.07, 6.45) is 16.5. The van der Waals surface area contributed by atoms with Crippen LogP contribution in [0.15, 0.2) is 134 Å². The molecule has 21 heteroatoms. The Labute approximate surface area is 501 Å².